The Morgan fingerprint density at radius 3 is 1.76 bits per heavy atom. The first-order chi connectivity index (χ1) is 28.5. The number of hydrogen-bond acceptors (Lipinski definition) is 1. The van der Waals surface area contributed by atoms with Crippen molar-refractivity contribution in [2.24, 2.45) is 0 Å². The first-order valence-corrected chi connectivity index (χ1v) is 16.0. The molecule has 0 saturated carbocycles. The van der Waals surface area contributed by atoms with Crippen LogP contribution in [0.2, 0.25) is 0 Å². The van der Waals surface area contributed by atoms with Crippen molar-refractivity contribution in [3.63, 3.8) is 0 Å². The van der Waals surface area contributed by atoms with E-state index in [0.29, 0.717) is 5.56 Å². The molecule has 0 aliphatic rings. The molecule has 1 heterocycles. The van der Waals surface area contributed by atoms with Crippen LogP contribution >= 0.6 is 0 Å². The van der Waals surface area contributed by atoms with Gasteiger partial charge < -0.3 is 4.42 Å². The Labute approximate surface area is 298 Å². The number of furan rings is 1. The molecule has 0 amide bonds. The Morgan fingerprint density at radius 2 is 1.02 bits per heavy atom. The molecule has 1 heteroatoms. The SMILES string of the molecule is [2H]c1c([2H])c([2H])c(-c2cc([2H])c3oc4c([2H])c([2H])c([2H])c(-c5c6ccccc6c(-c6ccc(-c7ccc8ccccc8c7)cc6)c6ccccc56)c4c3c2[2H])c([2H])c1[2H]. The first kappa shape index (κ1) is 19.4. The summed E-state index contributed by atoms with van der Waals surface area (Å²) in [5, 5.41) is 5.79. The molecule has 0 atom stereocenters. The summed E-state index contributed by atoms with van der Waals surface area (Å²) in [4.78, 5) is 0. The van der Waals surface area contributed by atoms with E-state index in [1.165, 1.54) is 11.5 Å². The standard InChI is InChI=1S/C48H30O/c1-2-11-31(12-3-1)37-27-28-44-43(30-37)48-42(19-10-20-45(48)49-44)47-40-17-8-6-15-38(40)46(39-16-7-9-18-41(39)47)34-24-21-33(22-25-34)36-26-23-32-13-4-5-14-35(32)29-36/h1-30H/i1D,2D,3D,10D,11D,12D,19D,20D,28D,30D. The van der Waals surface area contributed by atoms with Crippen molar-refractivity contribution in [3.05, 3.63) is 182 Å². The summed E-state index contributed by atoms with van der Waals surface area (Å²) in [6.45, 7) is 0. The van der Waals surface area contributed by atoms with E-state index in [1.807, 2.05) is 60.7 Å². The van der Waals surface area contributed by atoms with E-state index in [2.05, 4.69) is 54.6 Å². The molecule has 0 fully saturated rings. The highest BCUT2D eigenvalue weighted by Gasteiger charge is 2.20. The van der Waals surface area contributed by atoms with E-state index in [-0.39, 0.29) is 62.8 Å². The Kier molecular flexibility index (Phi) is 4.39. The van der Waals surface area contributed by atoms with Crippen molar-refractivity contribution in [3.8, 4) is 44.5 Å². The summed E-state index contributed by atoms with van der Waals surface area (Å²) >= 11 is 0. The van der Waals surface area contributed by atoms with Gasteiger partial charge in [0.2, 0.25) is 0 Å². The zero-order chi connectivity index (χ0) is 41.0. The van der Waals surface area contributed by atoms with Crippen LogP contribution in [-0.4, -0.2) is 0 Å². The monoisotopic (exact) mass is 632 g/mol. The van der Waals surface area contributed by atoms with Crippen LogP contribution < -0.4 is 0 Å². The summed E-state index contributed by atoms with van der Waals surface area (Å²) in [7, 11) is 0. The van der Waals surface area contributed by atoms with Crippen molar-refractivity contribution in [2.45, 2.75) is 0 Å². The Hall–Kier alpha value is -6.44. The molecule has 49 heavy (non-hydrogen) atoms. The highest BCUT2D eigenvalue weighted by Crippen LogP contribution is 2.47. The predicted molar refractivity (Wildman–Crippen MR) is 208 cm³/mol. The molecule has 10 aromatic rings. The average molecular weight is 633 g/mol. The second-order valence-electron chi connectivity index (χ2n) is 12.1. The third kappa shape index (κ3) is 4.47. The maximum absolute atomic E-state index is 9.56. The fraction of sp³-hybridized carbons (Fsp3) is 0. The minimum absolute atomic E-state index is 0.0489. The molecule has 0 aliphatic carbocycles. The normalized spacial score (nSPS) is 14.5. The molecule has 1 aromatic heterocycles. The Balaban J connectivity index is 1.28. The number of benzene rings is 9. The van der Waals surface area contributed by atoms with Crippen molar-refractivity contribution in [2.75, 3.05) is 0 Å². The lowest BCUT2D eigenvalue weighted by atomic mass is 9.84. The topological polar surface area (TPSA) is 13.1 Å². The van der Waals surface area contributed by atoms with Gasteiger partial charge in [0, 0.05) is 10.8 Å². The van der Waals surface area contributed by atoms with Gasteiger partial charge in [-0.3, -0.25) is 0 Å². The molecular formula is C48H30O. The second-order valence-corrected chi connectivity index (χ2v) is 12.1. The fourth-order valence-corrected chi connectivity index (χ4v) is 7.11. The zero-order valence-electron chi connectivity index (χ0n) is 36.0. The summed E-state index contributed by atoms with van der Waals surface area (Å²) in [5.41, 5.74) is 4.43. The van der Waals surface area contributed by atoms with E-state index in [0.717, 1.165) is 49.2 Å². The summed E-state index contributed by atoms with van der Waals surface area (Å²) in [6, 6.07) is 35.6. The fourth-order valence-electron chi connectivity index (χ4n) is 7.11. The molecule has 0 bridgehead atoms. The molecule has 0 unspecified atom stereocenters. The van der Waals surface area contributed by atoms with Gasteiger partial charge in [-0.15, -0.1) is 0 Å². The Bertz CT molecular complexity index is 3360. The number of rotatable bonds is 4. The third-order valence-electron chi connectivity index (χ3n) is 9.34. The highest BCUT2D eigenvalue weighted by atomic mass is 16.3. The van der Waals surface area contributed by atoms with Gasteiger partial charge in [0.05, 0.1) is 13.7 Å². The van der Waals surface area contributed by atoms with Gasteiger partial charge in [0.15, 0.2) is 0 Å². The van der Waals surface area contributed by atoms with E-state index >= 15 is 0 Å². The number of hydrogen-bond donors (Lipinski definition) is 0. The second kappa shape index (κ2) is 11.1. The van der Waals surface area contributed by atoms with Crippen LogP contribution in [-0.2, 0) is 0 Å². The van der Waals surface area contributed by atoms with Crippen LogP contribution in [0, 0.1) is 0 Å². The average Bonchev–Trinajstić information content (AvgIpc) is 3.67. The van der Waals surface area contributed by atoms with E-state index < -0.39 is 36.3 Å². The van der Waals surface area contributed by atoms with Crippen molar-refractivity contribution in [1.82, 2.24) is 0 Å². The number of fused-ring (bicyclic) bond motifs is 6. The predicted octanol–water partition coefficient (Wildman–Crippen LogP) is 13.7. The van der Waals surface area contributed by atoms with Crippen molar-refractivity contribution in [1.29, 1.82) is 0 Å². The van der Waals surface area contributed by atoms with Gasteiger partial charge >= 0.3 is 0 Å². The van der Waals surface area contributed by atoms with Crippen LogP contribution in [0.4, 0.5) is 0 Å². The lowest BCUT2D eigenvalue weighted by Crippen LogP contribution is -1.91. The summed E-state index contributed by atoms with van der Waals surface area (Å²) in [6.07, 6.45) is 0. The molecule has 228 valence electrons. The molecule has 0 radical (unpaired) electrons. The van der Waals surface area contributed by atoms with Crippen molar-refractivity contribution >= 4 is 54.3 Å². The molecule has 0 spiro atoms. The van der Waals surface area contributed by atoms with E-state index in [1.54, 1.807) is 0 Å². The smallest absolute Gasteiger partial charge is 0.136 e. The van der Waals surface area contributed by atoms with Crippen molar-refractivity contribution < 1.29 is 18.1 Å². The third-order valence-corrected chi connectivity index (χ3v) is 9.34. The molecule has 1 nitrogen and oxygen atoms in total. The minimum atomic E-state index is -0.581. The Morgan fingerprint density at radius 1 is 0.388 bits per heavy atom. The molecular weight excluding hydrogens is 593 g/mol. The lowest BCUT2D eigenvalue weighted by molar-refractivity contribution is 0.669. The van der Waals surface area contributed by atoms with E-state index in [4.69, 9.17) is 15.4 Å². The quantitative estimate of drug-likeness (QED) is 0.176. The summed E-state index contributed by atoms with van der Waals surface area (Å²) < 4.78 is 94.3. The molecule has 10 rings (SSSR count). The lowest BCUT2D eigenvalue weighted by Gasteiger charge is -2.18. The minimum Gasteiger partial charge on any atom is -0.456 e. The highest BCUT2D eigenvalue weighted by molar-refractivity contribution is 6.25. The van der Waals surface area contributed by atoms with Gasteiger partial charge in [0.1, 0.15) is 11.2 Å². The van der Waals surface area contributed by atoms with Crippen LogP contribution in [0.1, 0.15) is 13.7 Å². The van der Waals surface area contributed by atoms with Crippen LogP contribution in [0.3, 0.4) is 0 Å². The maximum Gasteiger partial charge on any atom is 0.136 e. The van der Waals surface area contributed by atoms with Gasteiger partial charge in [-0.1, -0.05) is 158 Å². The van der Waals surface area contributed by atoms with Crippen LogP contribution in [0.5, 0.6) is 0 Å². The van der Waals surface area contributed by atoms with E-state index in [9.17, 15) is 2.74 Å². The molecule has 9 aromatic carbocycles. The molecule has 0 N–H and O–H groups in total. The maximum atomic E-state index is 9.56. The van der Waals surface area contributed by atoms with Gasteiger partial charge in [-0.2, -0.15) is 0 Å². The van der Waals surface area contributed by atoms with Gasteiger partial charge in [-0.25, -0.2) is 0 Å². The summed E-state index contributed by atoms with van der Waals surface area (Å²) in [5.74, 6) is 0. The van der Waals surface area contributed by atoms with Crippen LogP contribution in [0.25, 0.3) is 98.8 Å². The molecule has 0 aliphatic heterocycles. The zero-order valence-corrected chi connectivity index (χ0v) is 26.0. The van der Waals surface area contributed by atoms with Gasteiger partial charge in [-0.05, 0) is 101 Å². The van der Waals surface area contributed by atoms with Crippen LogP contribution in [0.15, 0.2) is 186 Å². The molecule has 0 saturated heterocycles. The first-order valence-electron chi connectivity index (χ1n) is 21.0. The van der Waals surface area contributed by atoms with Gasteiger partial charge in [0.25, 0.3) is 0 Å². The largest absolute Gasteiger partial charge is 0.456 e.